The minimum absolute atomic E-state index is 0.0245. The highest BCUT2D eigenvalue weighted by molar-refractivity contribution is 5.90. The maximum atomic E-state index is 11.7. The standard InChI is InChI=1S/C11H19N3O3/c1-10(2,3)17-9(16)14-6-11(7-14)8(15)12-4-5-13-11/h13H,4-7H2,1-3H3,(H,12,15). The van der Waals surface area contributed by atoms with E-state index in [0.717, 1.165) is 6.54 Å². The van der Waals surface area contributed by atoms with Crippen LogP contribution in [0.1, 0.15) is 20.8 Å². The van der Waals surface area contributed by atoms with E-state index in [1.165, 1.54) is 0 Å². The molecule has 0 aliphatic carbocycles. The van der Waals surface area contributed by atoms with Gasteiger partial charge >= 0.3 is 6.09 Å². The highest BCUT2D eigenvalue weighted by atomic mass is 16.6. The van der Waals surface area contributed by atoms with E-state index in [2.05, 4.69) is 10.6 Å². The summed E-state index contributed by atoms with van der Waals surface area (Å²) in [7, 11) is 0. The summed E-state index contributed by atoms with van der Waals surface area (Å²) in [6, 6.07) is 0. The fourth-order valence-corrected chi connectivity index (χ4v) is 2.04. The Morgan fingerprint density at radius 2 is 2.00 bits per heavy atom. The molecule has 0 bridgehead atoms. The molecular weight excluding hydrogens is 222 g/mol. The number of carbonyl (C=O) groups excluding carboxylic acids is 2. The number of hydrogen-bond donors (Lipinski definition) is 2. The summed E-state index contributed by atoms with van der Waals surface area (Å²) < 4.78 is 5.24. The van der Waals surface area contributed by atoms with Gasteiger partial charge in [-0.05, 0) is 20.8 Å². The monoisotopic (exact) mass is 241 g/mol. The first-order valence-corrected chi connectivity index (χ1v) is 5.84. The molecular formula is C11H19N3O3. The molecule has 6 heteroatoms. The Balaban J connectivity index is 1.89. The third-order valence-corrected chi connectivity index (χ3v) is 2.88. The van der Waals surface area contributed by atoms with E-state index >= 15 is 0 Å². The summed E-state index contributed by atoms with van der Waals surface area (Å²) in [6.45, 7) is 7.63. The van der Waals surface area contributed by atoms with Crippen molar-refractivity contribution in [1.29, 1.82) is 0 Å². The Morgan fingerprint density at radius 1 is 1.35 bits per heavy atom. The first-order valence-electron chi connectivity index (χ1n) is 5.84. The van der Waals surface area contributed by atoms with E-state index in [0.29, 0.717) is 19.6 Å². The van der Waals surface area contributed by atoms with Crippen LogP contribution in [0.25, 0.3) is 0 Å². The molecule has 0 aromatic rings. The van der Waals surface area contributed by atoms with Crippen molar-refractivity contribution in [1.82, 2.24) is 15.5 Å². The highest BCUT2D eigenvalue weighted by Gasteiger charge is 2.52. The Bertz CT molecular complexity index is 342. The van der Waals surface area contributed by atoms with Gasteiger partial charge in [-0.2, -0.15) is 0 Å². The fraction of sp³-hybridized carbons (Fsp3) is 0.818. The molecule has 96 valence electrons. The molecule has 2 aliphatic heterocycles. The van der Waals surface area contributed by atoms with Crippen molar-refractivity contribution in [2.24, 2.45) is 0 Å². The van der Waals surface area contributed by atoms with Crippen LogP contribution in [0.2, 0.25) is 0 Å². The normalized spacial score (nSPS) is 23.0. The molecule has 2 N–H and O–H groups in total. The van der Waals surface area contributed by atoms with Crippen LogP contribution in [0, 0.1) is 0 Å². The number of rotatable bonds is 0. The second-order valence-corrected chi connectivity index (χ2v) is 5.60. The predicted molar refractivity (Wildman–Crippen MR) is 61.6 cm³/mol. The van der Waals surface area contributed by atoms with E-state index in [4.69, 9.17) is 4.74 Å². The zero-order valence-corrected chi connectivity index (χ0v) is 10.5. The van der Waals surface area contributed by atoms with E-state index in [1.807, 2.05) is 20.8 Å². The first kappa shape index (κ1) is 12.2. The molecule has 2 amide bonds. The lowest BCUT2D eigenvalue weighted by Crippen LogP contribution is -2.79. The van der Waals surface area contributed by atoms with Crippen LogP contribution in [0.4, 0.5) is 4.79 Å². The van der Waals surface area contributed by atoms with Crippen molar-refractivity contribution in [3.63, 3.8) is 0 Å². The quantitative estimate of drug-likeness (QED) is 0.610. The SMILES string of the molecule is CC(C)(C)OC(=O)N1CC2(C1)NCCNC2=O. The van der Waals surface area contributed by atoms with Gasteiger partial charge in [-0.25, -0.2) is 4.79 Å². The van der Waals surface area contributed by atoms with Gasteiger partial charge in [0, 0.05) is 13.1 Å². The van der Waals surface area contributed by atoms with Crippen molar-refractivity contribution in [3.05, 3.63) is 0 Å². The van der Waals surface area contributed by atoms with E-state index in [1.54, 1.807) is 4.90 Å². The average Bonchev–Trinajstić information content (AvgIpc) is 2.12. The maximum absolute atomic E-state index is 11.7. The highest BCUT2D eigenvalue weighted by Crippen LogP contribution is 2.24. The lowest BCUT2D eigenvalue weighted by Gasteiger charge is -2.50. The lowest BCUT2D eigenvalue weighted by molar-refractivity contribution is -0.136. The van der Waals surface area contributed by atoms with Crippen LogP contribution < -0.4 is 10.6 Å². The van der Waals surface area contributed by atoms with Gasteiger partial charge in [-0.3, -0.25) is 10.1 Å². The molecule has 2 rings (SSSR count). The van der Waals surface area contributed by atoms with E-state index < -0.39 is 11.1 Å². The van der Waals surface area contributed by atoms with Gasteiger partial charge in [0.1, 0.15) is 11.1 Å². The van der Waals surface area contributed by atoms with Crippen LogP contribution in [0.5, 0.6) is 0 Å². The summed E-state index contributed by atoms with van der Waals surface area (Å²) in [5, 5.41) is 5.97. The average molecular weight is 241 g/mol. The summed E-state index contributed by atoms with van der Waals surface area (Å²) in [5.74, 6) is -0.0245. The summed E-state index contributed by atoms with van der Waals surface area (Å²) in [4.78, 5) is 25.0. The molecule has 6 nitrogen and oxygen atoms in total. The van der Waals surface area contributed by atoms with Crippen LogP contribution in [-0.4, -0.2) is 54.2 Å². The number of hydrogen-bond acceptors (Lipinski definition) is 4. The number of nitrogens with zero attached hydrogens (tertiary/aromatic N) is 1. The van der Waals surface area contributed by atoms with E-state index in [-0.39, 0.29) is 12.0 Å². The van der Waals surface area contributed by atoms with Crippen LogP contribution in [-0.2, 0) is 9.53 Å². The number of amides is 2. The maximum Gasteiger partial charge on any atom is 0.410 e. The molecule has 0 aromatic heterocycles. The Morgan fingerprint density at radius 3 is 2.53 bits per heavy atom. The largest absolute Gasteiger partial charge is 0.444 e. The minimum atomic E-state index is -0.588. The van der Waals surface area contributed by atoms with Gasteiger partial charge < -0.3 is 15.0 Å². The van der Waals surface area contributed by atoms with Crippen molar-refractivity contribution in [2.75, 3.05) is 26.2 Å². The zero-order valence-electron chi connectivity index (χ0n) is 10.5. The Kier molecular flexibility index (Phi) is 2.77. The molecule has 0 saturated carbocycles. The van der Waals surface area contributed by atoms with Gasteiger partial charge in [-0.1, -0.05) is 0 Å². The van der Waals surface area contributed by atoms with Crippen LogP contribution in [0.15, 0.2) is 0 Å². The molecule has 2 saturated heterocycles. The van der Waals surface area contributed by atoms with Gasteiger partial charge in [0.15, 0.2) is 0 Å². The van der Waals surface area contributed by atoms with Crippen molar-refractivity contribution in [2.45, 2.75) is 31.9 Å². The van der Waals surface area contributed by atoms with Gasteiger partial charge in [0.05, 0.1) is 13.1 Å². The summed E-state index contributed by atoms with van der Waals surface area (Å²) in [5.41, 5.74) is -1.09. The van der Waals surface area contributed by atoms with Crippen molar-refractivity contribution >= 4 is 12.0 Å². The molecule has 1 spiro atoms. The topological polar surface area (TPSA) is 70.7 Å². The number of piperazine rings is 1. The van der Waals surface area contributed by atoms with Crippen LogP contribution >= 0.6 is 0 Å². The molecule has 2 aliphatic rings. The fourth-order valence-electron chi connectivity index (χ4n) is 2.04. The van der Waals surface area contributed by atoms with Gasteiger partial charge in [0.2, 0.25) is 5.91 Å². The van der Waals surface area contributed by atoms with Crippen molar-refractivity contribution in [3.8, 4) is 0 Å². The molecule has 17 heavy (non-hydrogen) atoms. The molecule has 2 fully saturated rings. The third-order valence-electron chi connectivity index (χ3n) is 2.88. The molecule has 0 unspecified atom stereocenters. The van der Waals surface area contributed by atoms with Crippen LogP contribution in [0.3, 0.4) is 0 Å². The second kappa shape index (κ2) is 3.87. The van der Waals surface area contributed by atoms with Gasteiger partial charge in [0.25, 0.3) is 0 Å². The molecule has 2 heterocycles. The first-order chi connectivity index (χ1) is 7.82. The van der Waals surface area contributed by atoms with Crippen molar-refractivity contribution < 1.29 is 14.3 Å². The number of carbonyl (C=O) groups is 2. The Labute approximate surface area is 101 Å². The summed E-state index contributed by atoms with van der Waals surface area (Å²) in [6.07, 6.45) is -0.358. The molecule has 0 atom stereocenters. The van der Waals surface area contributed by atoms with Gasteiger partial charge in [-0.15, -0.1) is 0 Å². The number of likely N-dealkylation sites (tertiary alicyclic amines) is 1. The third kappa shape index (κ3) is 2.36. The molecule has 0 radical (unpaired) electrons. The predicted octanol–water partition coefficient (Wildman–Crippen LogP) is -0.305. The smallest absolute Gasteiger partial charge is 0.410 e. The lowest BCUT2D eigenvalue weighted by atomic mass is 9.87. The zero-order chi connectivity index (χ0) is 12.7. The number of ether oxygens (including phenoxy) is 1. The second-order valence-electron chi connectivity index (χ2n) is 5.60. The number of nitrogens with one attached hydrogen (secondary N) is 2. The molecule has 0 aromatic carbocycles. The van der Waals surface area contributed by atoms with E-state index in [9.17, 15) is 9.59 Å². The summed E-state index contributed by atoms with van der Waals surface area (Å²) >= 11 is 0. The Hall–Kier alpha value is -1.30. The minimum Gasteiger partial charge on any atom is -0.444 e.